The van der Waals surface area contributed by atoms with Gasteiger partial charge in [-0.15, -0.1) is 11.3 Å². The Kier molecular flexibility index (Phi) is 5.87. The van der Waals surface area contributed by atoms with Crippen molar-refractivity contribution in [1.29, 1.82) is 5.26 Å². The number of aromatic nitrogens is 1. The average molecular weight is 397 g/mol. The third-order valence-corrected chi connectivity index (χ3v) is 4.68. The van der Waals surface area contributed by atoms with E-state index in [9.17, 15) is 10.1 Å². The molecule has 0 aliphatic heterocycles. The van der Waals surface area contributed by atoms with Crippen molar-refractivity contribution >= 4 is 40.6 Å². The van der Waals surface area contributed by atoms with E-state index in [1.807, 2.05) is 17.5 Å². The van der Waals surface area contributed by atoms with Crippen molar-refractivity contribution < 1.29 is 14.6 Å². The Morgan fingerprint density at radius 1 is 1.22 bits per heavy atom. The number of hydrogen-bond acceptors (Lipinski definition) is 5. The van der Waals surface area contributed by atoms with E-state index in [2.05, 4.69) is 11.1 Å². The van der Waals surface area contributed by atoms with Crippen LogP contribution in [0, 0.1) is 11.3 Å². The van der Waals surface area contributed by atoms with E-state index >= 15 is 0 Å². The Bertz CT molecular complexity index is 1020. The zero-order valence-electron chi connectivity index (χ0n) is 13.9. The first-order valence-electron chi connectivity index (χ1n) is 7.83. The summed E-state index contributed by atoms with van der Waals surface area (Å²) >= 11 is 7.30. The van der Waals surface area contributed by atoms with Gasteiger partial charge in [-0.25, -0.2) is 9.78 Å². The minimum atomic E-state index is -1.04. The molecule has 27 heavy (non-hydrogen) atoms. The number of carbonyl (C=O) groups is 1. The molecule has 0 aliphatic carbocycles. The predicted molar refractivity (Wildman–Crippen MR) is 106 cm³/mol. The van der Waals surface area contributed by atoms with Gasteiger partial charge >= 0.3 is 5.97 Å². The lowest BCUT2D eigenvalue weighted by Crippen LogP contribution is -2.09. The molecule has 0 unspecified atom stereocenters. The van der Waals surface area contributed by atoms with E-state index in [4.69, 9.17) is 21.4 Å². The summed E-state index contributed by atoms with van der Waals surface area (Å²) in [6, 6.07) is 16.4. The van der Waals surface area contributed by atoms with Crippen LogP contribution in [0.15, 0.2) is 53.9 Å². The Labute approximate surface area is 164 Å². The first kappa shape index (κ1) is 18.6. The van der Waals surface area contributed by atoms with Gasteiger partial charge in [-0.05, 0) is 35.9 Å². The minimum absolute atomic E-state index is 0.398. The van der Waals surface area contributed by atoms with Crippen LogP contribution in [0.5, 0.6) is 5.75 Å². The fourth-order valence-electron chi connectivity index (χ4n) is 2.26. The molecule has 0 atom stereocenters. The van der Waals surface area contributed by atoms with Gasteiger partial charge in [0.15, 0.2) is 6.61 Å². The van der Waals surface area contributed by atoms with E-state index < -0.39 is 12.6 Å². The lowest BCUT2D eigenvalue weighted by Gasteiger charge is -2.03. The molecule has 7 heteroatoms. The third kappa shape index (κ3) is 4.94. The number of aliphatic carboxylic acids is 1. The highest BCUT2D eigenvalue weighted by Gasteiger charge is 2.09. The van der Waals surface area contributed by atoms with Gasteiger partial charge in [0.2, 0.25) is 0 Å². The Balaban J connectivity index is 1.79. The number of ether oxygens (including phenoxy) is 1. The molecule has 5 nitrogen and oxygen atoms in total. The van der Waals surface area contributed by atoms with Gasteiger partial charge in [-0.3, -0.25) is 0 Å². The molecule has 2 aromatic carbocycles. The molecule has 0 radical (unpaired) electrons. The maximum Gasteiger partial charge on any atom is 0.341 e. The van der Waals surface area contributed by atoms with Crippen LogP contribution in [0.1, 0.15) is 10.6 Å². The summed E-state index contributed by atoms with van der Waals surface area (Å²) in [5.41, 5.74) is 2.95. The SMILES string of the molecule is N#C/C(=C\c1ccc(OCC(=O)O)cc1)c1nc(-c2ccc(Cl)cc2)cs1. The number of hydrogen-bond donors (Lipinski definition) is 1. The van der Waals surface area contributed by atoms with Gasteiger partial charge in [0, 0.05) is 16.0 Å². The second-order valence-electron chi connectivity index (χ2n) is 5.47. The number of nitrogens with zero attached hydrogens (tertiary/aromatic N) is 2. The Hall–Kier alpha value is -3.14. The van der Waals surface area contributed by atoms with Gasteiger partial charge in [-0.1, -0.05) is 35.9 Å². The van der Waals surface area contributed by atoms with E-state index in [-0.39, 0.29) is 0 Å². The number of allylic oxidation sites excluding steroid dienone is 1. The molecule has 1 N–H and O–H groups in total. The summed E-state index contributed by atoms with van der Waals surface area (Å²) in [6.07, 6.45) is 1.73. The molecule has 0 saturated heterocycles. The zero-order chi connectivity index (χ0) is 19.2. The van der Waals surface area contributed by atoms with E-state index in [1.165, 1.54) is 11.3 Å². The van der Waals surface area contributed by atoms with Crippen LogP contribution < -0.4 is 4.74 Å². The van der Waals surface area contributed by atoms with Crippen LogP contribution in [0.3, 0.4) is 0 Å². The lowest BCUT2D eigenvalue weighted by molar-refractivity contribution is -0.139. The van der Waals surface area contributed by atoms with Gasteiger partial charge in [0.05, 0.1) is 11.3 Å². The van der Waals surface area contributed by atoms with E-state index in [0.29, 0.717) is 21.4 Å². The molecular weight excluding hydrogens is 384 g/mol. The standard InChI is InChI=1S/C20H13ClN2O3S/c21-16-5-3-14(4-6-16)18-12-27-20(23-18)15(10-22)9-13-1-7-17(8-2-13)26-11-19(24)25/h1-9,12H,11H2,(H,24,25)/b15-9+. The zero-order valence-corrected chi connectivity index (χ0v) is 15.5. The average Bonchev–Trinajstić information content (AvgIpc) is 3.16. The second kappa shape index (κ2) is 8.49. The number of carboxylic acid groups (broad SMARTS) is 1. The second-order valence-corrected chi connectivity index (χ2v) is 6.76. The van der Waals surface area contributed by atoms with Gasteiger partial charge in [0.1, 0.15) is 16.8 Å². The van der Waals surface area contributed by atoms with Crippen LogP contribution in [0.4, 0.5) is 0 Å². The van der Waals surface area contributed by atoms with Crippen LogP contribution in [0.2, 0.25) is 5.02 Å². The van der Waals surface area contributed by atoms with Crippen LogP contribution in [-0.2, 0) is 4.79 Å². The quantitative estimate of drug-likeness (QED) is 0.593. The third-order valence-electron chi connectivity index (χ3n) is 3.55. The highest BCUT2D eigenvalue weighted by molar-refractivity contribution is 7.11. The maximum absolute atomic E-state index is 10.5. The molecular formula is C20H13ClN2O3S. The highest BCUT2D eigenvalue weighted by atomic mass is 35.5. The largest absolute Gasteiger partial charge is 0.482 e. The molecule has 0 amide bonds. The summed E-state index contributed by atoms with van der Waals surface area (Å²) in [5.74, 6) is -0.585. The van der Waals surface area contributed by atoms with Crippen molar-refractivity contribution in [2.75, 3.05) is 6.61 Å². The van der Waals surface area contributed by atoms with Gasteiger partial charge in [-0.2, -0.15) is 5.26 Å². The predicted octanol–water partition coefficient (Wildman–Crippen LogP) is 4.99. The normalized spacial score (nSPS) is 11.0. The number of thiazole rings is 1. The molecule has 134 valence electrons. The fraction of sp³-hybridized carbons (Fsp3) is 0.0500. The van der Waals surface area contributed by atoms with Crippen LogP contribution in [-0.4, -0.2) is 22.7 Å². The molecule has 0 fully saturated rings. The number of halogens is 1. The molecule has 0 saturated carbocycles. The van der Waals surface area contributed by atoms with Gasteiger partial charge < -0.3 is 9.84 Å². The minimum Gasteiger partial charge on any atom is -0.482 e. The monoisotopic (exact) mass is 396 g/mol. The Morgan fingerprint density at radius 3 is 2.56 bits per heavy atom. The van der Waals surface area contributed by atoms with Crippen molar-refractivity contribution in [2.24, 2.45) is 0 Å². The number of nitriles is 1. The van der Waals surface area contributed by atoms with Crippen molar-refractivity contribution in [3.63, 3.8) is 0 Å². The Morgan fingerprint density at radius 2 is 1.93 bits per heavy atom. The summed E-state index contributed by atoms with van der Waals surface area (Å²) in [6.45, 7) is -0.398. The fourth-order valence-corrected chi connectivity index (χ4v) is 3.19. The summed E-state index contributed by atoms with van der Waals surface area (Å²) in [4.78, 5) is 15.1. The van der Waals surface area contributed by atoms with Crippen molar-refractivity contribution in [1.82, 2.24) is 4.98 Å². The number of benzene rings is 2. The van der Waals surface area contributed by atoms with Crippen molar-refractivity contribution in [3.05, 3.63) is 69.5 Å². The summed E-state index contributed by atoms with van der Waals surface area (Å²) < 4.78 is 5.09. The first-order valence-corrected chi connectivity index (χ1v) is 9.09. The lowest BCUT2D eigenvalue weighted by atomic mass is 10.1. The maximum atomic E-state index is 10.5. The number of rotatable bonds is 6. The smallest absolute Gasteiger partial charge is 0.341 e. The summed E-state index contributed by atoms with van der Waals surface area (Å²) in [5, 5.41) is 21.3. The molecule has 3 rings (SSSR count). The molecule has 3 aromatic rings. The van der Waals surface area contributed by atoms with Crippen molar-refractivity contribution in [3.8, 4) is 23.1 Å². The first-order chi connectivity index (χ1) is 13.0. The molecule has 0 spiro atoms. The molecule has 0 aliphatic rings. The molecule has 1 aromatic heterocycles. The topological polar surface area (TPSA) is 83.2 Å². The van der Waals surface area contributed by atoms with E-state index in [0.717, 1.165) is 16.8 Å². The highest BCUT2D eigenvalue weighted by Crippen LogP contribution is 2.28. The van der Waals surface area contributed by atoms with Crippen molar-refractivity contribution in [2.45, 2.75) is 0 Å². The molecule has 0 bridgehead atoms. The molecule has 1 heterocycles. The van der Waals surface area contributed by atoms with Gasteiger partial charge in [0.25, 0.3) is 0 Å². The van der Waals surface area contributed by atoms with Crippen LogP contribution >= 0.6 is 22.9 Å². The number of carboxylic acids is 1. The summed E-state index contributed by atoms with van der Waals surface area (Å²) in [7, 11) is 0. The van der Waals surface area contributed by atoms with E-state index in [1.54, 1.807) is 42.5 Å². The van der Waals surface area contributed by atoms with Crippen LogP contribution in [0.25, 0.3) is 22.9 Å².